The number of carbonyl (C=O) groups excluding carboxylic acids is 3. The lowest BCUT2D eigenvalue weighted by Crippen LogP contribution is -2.57. The molecule has 0 spiro atoms. The van der Waals surface area contributed by atoms with Gasteiger partial charge in [0.05, 0.1) is 17.3 Å². The molecule has 12 nitrogen and oxygen atoms in total. The minimum Gasteiger partial charge on any atom is -0.477 e. The number of rotatable bonds is 8. The zero-order valence-electron chi connectivity index (χ0n) is 26.8. The normalized spacial score (nSPS) is 18.6. The van der Waals surface area contributed by atoms with Gasteiger partial charge in [0.2, 0.25) is 11.8 Å². The first-order valence-corrected chi connectivity index (χ1v) is 16.5. The first kappa shape index (κ1) is 33.3. The molecule has 2 aliphatic heterocycles. The number of para-hydroxylation sites is 1. The summed E-state index contributed by atoms with van der Waals surface area (Å²) < 4.78 is 11.0. The van der Waals surface area contributed by atoms with Gasteiger partial charge in [0.15, 0.2) is 0 Å². The average molecular weight is 652 g/mol. The molecule has 2 N–H and O–H groups in total. The number of amides is 3. The Morgan fingerprint density at radius 3 is 2.54 bits per heavy atom. The van der Waals surface area contributed by atoms with Crippen molar-refractivity contribution in [1.29, 1.82) is 0 Å². The fourth-order valence-corrected chi connectivity index (χ4v) is 6.86. The molecule has 2 aliphatic rings. The highest BCUT2D eigenvalue weighted by Gasteiger charge is 2.41. The number of nitrogens with one attached hydrogen (secondary N) is 1. The molecule has 0 radical (unpaired) electrons. The minimum absolute atomic E-state index is 0.0671. The van der Waals surface area contributed by atoms with Crippen LogP contribution in [-0.2, 0) is 19.1 Å². The molecule has 0 saturated carbocycles. The highest BCUT2D eigenvalue weighted by Crippen LogP contribution is 2.38. The van der Waals surface area contributed by atoms with Crippen molar-refractivity contribution in [2.45, 2.75) is 77.1 Å². The molecule has 46 heavy (non-hydrogen) atoms. The van der Waals surface area contributed by atoms with Crippen molar-refractivity contribution in [3.8, 4) is 11.3 Å². The minimum atomic E-state index is -1.12. The van der Waals surface area contributed by atoms with Crippen molar-refractivity contribution in [2.24, 2.45) is 5.92 Å². The van der Waals surface area contributed by atoms with Crippen LogP contribution in [0.4, 0.5) is 4.79 Å². The molecule has 3 amide bonds. The lowest BCUT2D eigenvalue weighted by molar-refractivity contribution is -0.141. The van der Waals surface area contributed by atoms with Crippen LogP contribution in [0.3, 0.4) is 0 Å². The summed E-state index contributed by atoms with van der Waals surface area (Å²) in [4.78, 5) is 64.5. The molecule has 4 heterocycles. The maximum atomic E-state index is 14.3. The van der Waals surface area contributed by atoms with Crippen LogP contribution in [0.25, 0.3) is 22.2 Å². The van der Waals surface area contributed by atoms with Gasteiger partial charge in [-0.1, -0.05) is 18.2 Å². The summed E-state index contributed by atoms with van der Waals surface area (Å²) in [5.41, 5.74) is 1.06. The van der Waals surface area contributed by atoms with E-state index < -0.39 is 35.7 Å². The van der Waals surface area contributed by atoms with E-state index in [-0.39, 0.29) is 23.6 Å². The van der Waals surface area contributed by atoms with Gasteiger partial charge in [0, 0.05) is 43.1 Å². The Morgan fingerprint density at radius 1 is 1.13 bits per heavy atom. The van der Waals surface area contributed by atoms with Gasteiger partial charge in [-0.05, 0) is 71.4 Å². The summed E-state index contributed by atoms with van der Waals surface area (Å²) in [6.07, 6.45) is 2.10. The number of aromatic nitrogens is 2. The highest BCUT2D eigenvalue weighted by atomic mass is 32.1. The second-order valence-electron chi connectivity index (χ2n) is 12.8. The van der Waals surface area contributed by atoms with Crippen LogP contribution in [0, 0.1) is 5.92 Å². The first-order chi connectivity index (χ1) is 21.8. The number of thiazole rings is 1. The van der Waals surface area contributed by atoms with Crippen LogP contribution in [0.15, 0.2) is 35.7 Å². The smallest absolute Gasteiger partial charge is 0.410 e. The standard InChI is InChI=1S/C33H41N5O7S/c1-19(37(5)32(43)45-33(2,3)4)28(39)36-27(20-12-15-44-16-13-20)30(40)38-14-8-11-26(38)29-35-25(18-46-29)22-17-24(31(41)42)34-23-10-7-6-9-21(22)23/h6-7,9-10,17-20,26-27H,8,11-16H2,1-5H3,(H,36,39)(H,41,42)/t19-,26-,27?/m0/s1. The number of likely N-dealkylation sites (tertiary alicyclic amines) is 1. The summed E-state index contributed by atoms with van der Waals surface area (Å²) in [5, 5.41) is 16.1. The maximum absolute atomic E-state index is 14.3. The Bertz CT molecular complexity index is 1610. The highest BCUT2D eigenvalue weighted by molar-refractivity contribution is 7.10. The second-order valence-corrected chi connectivity index (χ2v) is 13.7. The summed E-state index contributed by atoms with van der Waals surface area (Å²) in [6, 6.07) is 6.91. The predicted molar refractivity (Wildman–Crippen MR) is 172 cm³/mol. The van der Waals surface area contributed by atoms with E-state index in [0.29, 0.717) is 55.8 Å². The van der Waals surface area contributed by atoms with E-state index in [1.165, 1.54) is 29.4 Å². The summed E-state index contributed by atoms with van der Waals surface area (Å²) in [6.45, 7) is 8.39. The average Bonchev–Trinajstić information content (AvgIpc) is 3.72. The Morgan fingerprint density at radius 2 is 1.85 bits per heavy atom. The number of ether oxygens (including phenoxy) is 2. The van der Waals surface area contributed by atoms with E-state index >= 15 is 0 Å². The van der Waals surface area contributed by atoms with Crippen molar-refractivity contribution in [2.75, 3.05) is 26.8 Å². The van der Waals surface area contributed by atoms with Crippen molar-refractivity contribution in [3.05, 3.63) is 46.4 Å². The monoisotopic (exact) mass is 651 g/mol. The second kappa shape index (κ2) is 13.7. The number of benzene rings is 1. The number of nitrogens with zero attached hydrogens (tertiary/aromatic N) is 4. The van der Waals surface area contributed by atoms with Gasteiger partial charge in [-0.3, -0.25) is 14.5 Å². The van der Waals surface area contributed by atoms with Gasteiger partial charge in [0.25, 0.3) is 0 Å². The van der Waals surface area contributed by atoms with Crippen molar-refractivity contribution in [1.82, 2.24) is 25.1 Å². The van der Waals surface area contributed by atoms with E-state index in [2.05, 4.69) is 10.3 Å². The zero-order valence-corrected chi connectivity index (χ0v) is 27.6. The van der Waals surface area contributed by atoms with Gasteiger partial charge >= 0.3 is 12.1 Å². The van der Waals surface area contributed by atoms with Crippen molar-refractivity contribution in [3.63, 3.8) is 0 Å². The van der Waals surface area contributed by atoms with Crippen molar-refractivity contribution >= 4 is 46.1 Å². The molecule has 13 heteroatoms. The number of hydrogen-bond donors (Lipinski definition) is 2. The van der Waals surface area contributed by atoms with Gasteiger partial charge in [-0.25, -0.2) is 19.6 Å². The van der Waals surface area contributed by atoms with Gasteiger partial charge in [-0.15, -0.1) is 11.3 Å². The third kappa shape index (κ3) is 7.31. The molecule has 3 atom stereocenters. The van der Waals surface area contributed by atoms with Crippen LogP contribution >= 0.6 is 11.3 Å². The first-order valence-electron chi connectivity index (χ1n) is 15.6. The Balaban J connectivity index is 1.39. The number of aromatic carboxylic acids is 1. The zero-order chi connectivity index (χ0) is 33.2. The lowest BCUT2D eigenvalue weighted by Gasteiger charge is -2.36. The van der Waals surface area contributed by atoms with E-state index in [4.69, 9.17) is 14.5 Å². The van der Waals surface area contributed by atoms with E-state index in [1.54, 1.807) is 38.7 Å². The molecule has 0 aliphatic carbocycles. The quantitative estimate of drug-likeness (QED) is 0.347. The number of carbonyl (C=O) groups is 4. The number of hydrogen-bond acceptors (Lipinski definition) is 9. The van der Waals surface area contributed by atoms with Crippen LogP contribution < -0.4 is 5.32 Å². The maximum Gasteiger partial charge on any atom is 0.410 e. The van der Waals surface area contributed by atoms with Crippen LogP contribution in [0.2, 0.25) is 0 Å². The van der Waals surface area contributed by atoms with Gasteiger partial charge in [0.1, 0.15) is 28.4 Å². The lowest BCUT2D eigenvalue weighted by atomic mass is 9.90. The van der Waals surface area contributed by atoms with E-state index in [1.807, 2.05) is 23.6 Å². The number of fused-ring (bicyclic) bond motifs is 1. The van der Waals surface area contributed by atoms with Crippen LogP contribution in [-0.4, -0.2) is 93.2 Å². The summed E-state index contributed by atoms with van der Waals surface area (Å²) >= 11 is 1.42. The molecule has 5 rings (SSSR count). The number of likely N-dealkylation sites (N-methyl/N-ethyl adjacent to an activating group) is 1. The number of carboxylic acid groups (broad SMARTS) is 1. The molecule has 1 unspecified atom stereocenters. The molecule has 1 aromatic carbocycles. The SMILES string of the molecule is C[C@@H](C(=O)NC(C(=O)N1CCC[C@H]1c1nc(-c2cc(C(=O)O)nc3ccccc23)cs1)C1CCOCC1)N(C)C(=O)OC(C)(C)C. The topological polar surface area (TPSA) is 151 Å². The molecular weight excluding hydrogens is 610 g/mol. The molecule has 2 aromatic heterocycles. The van der Waals surface area contributed by atoms with E-state index in [0.717, 1.165) is 16.8 Å². The van der Waals surface area contributed by atoms with Crippen LogP contribution in [0.5, 0.6) is 0 Å². The Hall–Kier alpha value is -4.10. The number of pyridine rings is 1. The Labute approximate surface area is 272 Å². The molecule has 2 fully saturated rings. The fourth-order valence-electron chi connectivity index (χ4n) is 5.90. The van der Waals surface area contributed by atoms with Gasteiger partial charge < -0.3 is 24.8 Å². The van der Waals surface area contributed by atoms with Gasteiger partial charge in [-0.2, -0.15) is 0 Å². The largest absolute Gasteiger partial charge is 0.477 e. The molecule has 246 valence electrons. The van der Waals surface area contributed by atoms with E-state index in [9.17, 15) is 24.3 Å². The van der Waals surface area contributed by atoms with Crippen LogP contribution in [0.1, 0.15) is 74.9 Å². The third-order valence-electron chi connectivity index (χ3n) is 8.50. The fraction of sp³-hybridized carbons (Fsp3) is 0.515. The predicted octanol–water partition coefficient (Wildman–Crippen LogP) is 4.89. The molecule has 3 aromatic rings. The molecule has 0 bridgehead atoms. The summed E-state index contributed by atoms with van der Waals surface area (Å²) in [7, 11) is 1.51. The molecular formula is C33H41N5O7S. The summed E-state index contributed by atoms with van der Waals surface area (Å²) in [5.74, 6) is -1.88. The molecule has 2 saturated heterocycles. The Kier molecular flexibility index (Phi) is 9.92. The number of carboxylic acids is 1. The third-order valence-corrected chi connectivity index (χ3v) is 9.44. The van der Waals surface area contributed by atoms with Crippen molar-refractivity contribution < 1.29 is 33.8 Å².